The number of benzene rings is 2. The summed E-state index contributed by atoms with van der Waals surface area (Å²) in [6.45, 7) is 10.1. The zero-order valence-electron chi connectivity index (χ0n) is 30.8. The van der Waals surface area contributed by atoms with Gasteiger partial charge in [-0.05, 0) is 94.5 Å². The van der Waals surface area contributed by atoms with Crippen LogP contribution in [-0.4, -0.2) is 84.2 Å². The van der Waals surface area contributed by atoms with Crippen LogP contribution in [0.2, 0.25) is 0 Å². The molecule has 1 saturated carbocycles. The molecule has 3 aliphatic rings. The van der Waals surface area contributed by atoms with Crippen molar-refractivity contribution in [1.82, 2.24) is 19.8 Å². The summed E-state index contributed by atoms with van der Waals surface area (Å²) in [5, 5.41) is 0. The lowest BCUT2D eigenvalue weighted by atomic mass is 9.59. The summed E-state index contributed by atoms with van der Waals surface area (Å²) in [6.07, 6.45) is -3.42. The van der Waals surface area contributed by atoms with Crippen molar-refractivity contribution in [2.24, 2.45) is 10.8 Å². The molecule has 6 rings (SSSR count). The number of likely N-dealkylation sites (tertiary alicyclic amines) is 1. The van der Waals surface area contributed by atoms with E-state index in [1.807, 2.05) is 32.0 Å². The van der Waals surface area contributed by atoms with Gasteiger partial charge >= 0.3 is 12.3 Å². The van der Waals surface area contributed by atoms with Crippen LogP contribution in [0.1, 0.15) is 81.3 Å². The Labute approximate surface area is 308 Å². The highest BCUT2D eigenvalue weighted by molar-refractivity contribution is 7.92. The third-order valence-corrected chi connectivity index (χ3v) is 12.1. The minimum atomic E-state index is -4.60. The molecule has 2 fully saturated rings. The molecule has 3 heterocycles. The van der Waals surface area contributed by atoms with Gasteiger partial charge in [0.15, 0.2) is 0 Å². The number of carbonyl (C=O) groups is 2. The Kier molecular flexibility index (Phi) is 10.2. The van der Waals surface area contributed by atoms with Gasteiger partial charge in [-0.3, -0.25) is 4.79 Å². The molecule has 53 heavy (non-hydrogen) atoms. The van der Waals surface area contributed by atoms with Gasteiger partial charge in [-0.15, -0.1) is 0 Å². The highest BCUT2D eigenvalue weighted by Crippen LogP contribution is 2.53. The summed E-state index contributed by atoms with van der Waals surface area (Å²) < 4.78 is 85.1. The number of nitrogens with zero attached hydrogens (tertiary/aromatic N) is 4. The fraction of sp³-hybridized carbons (Fsp3) is 0.526. The summed E-state index contributed by atoms with van der Waals surface area (Å²) in [5.41, 5.74) is 0.373. The molecule has 15 heteroatoms. The number of aromatic nitrogens is 2. The van der Waals surface area contributed by atoms with Gasteiger partial charge in [0.2, 0.25) is 11.8 Å². The van der Waals surface area contributed by atoms with Crippen LogP contribution in [-0.2, 0) is 14.8 Å². The van der Waals surface area contributed by atoms with Crippen molar-refractivity contribution in [1.29, 1.82) is 0 Å². The van der Waals surface area contributed by atoms with Crippen LogP contribution in [0.5, 0.6) is 5.88 Å². The van der Waals surface area contributed by atoms with Gasteiger partial charge in [0.25, 0.3) is 15.9 Å². The Hall–Kier alpha value is -4.40. The second-order valence-electron chi connectivity index (χ2n) is 15.6. The molecule has 1 spiro atoms. The predicted octanol–water partition coefficient (Wildman–Crippen LogP) is 7.53. The second kappa shape index (κ2) is 14.1. The number of hydrogen-bond donors (Lipinski definition) is 1. The molecule has 1 atom stereocenters. The fourth-order valence-corrected chi connectivity index (χ4v) is 8.74. The maximum Gasteiger partial charge on any atom is 0.410 e. The van der Waals surface area contributed by atoms with Crippen molar-refractivity contribution < 1.29 is 40.7 Å². The number of carbonyl (C=O) groups excluding carboxylic acids is 2. The molecule has 2 aliphatic heterocycles. The smallest absolute Gasteiger partial charge is 0.410 e. The van der Waals surface area contributed by atoms with Crippen molar-refractivity contribution >= 4 is 28.0 Å². The first-order valence-electron chi connectivity index (χ1n) is 17.8. The summed E-state index contributed by atoms with van der Waals surface area (Å²) >= 11 is 0. The topological polar surface area (TPSA) is 131 Å². The van der Waals surface area contributed by atoms with Gasteiger partial charge in [-0.25, -0.2) is 22.9 Å². The quantitative estimate of drug-likeness (QED) is 0.283. The predicted molar refractivity (Wildman–Crippen MR) is 192 cm³/mol. The lowest BCUT2D eigenvalue weighted by Crippen LogP contribution is -2.61. The molecule has 2 aromatic carbocycles. The van der Waals surface area contributed by atoms with E-state index in [0.29, 0.717) is 44.5 Å². The molecule has 3 aromatic rings. The van der Waals surface area contributed by atoms with Crippen molar-refractivity contribution in [3.05, 3.63) is 65.2 Å². The van der Waals surface area contributed by atoms with Gasteiger partial charge in [0.1, 0.15) is 6.61 Å². The average Bonchev–Trinajstić information content (AvgIpc) is 3.05. The van der Waals surface area contributed by atoms with E-state index < -0.39 is 46.0 Å². The number of sulfonamides is 1. The molecule has 1 aromatic heterocycles. The maximum absolute atomic E-state index is 14.6. The largest absolute Gasteiger partial charge is 0.475 e. The highest BCUT2D eigenvalue weighted by atomic mass is 32.2. The van der Waals surface area contributed by atoms with Crippen LogP contribution >= 0.6 is 0 Å². The molecular formula is C38H46F3N5O6S. The fourth-order valence-electron chi connectivity index (χ4n) is 7.75. The van der Waals surface area contributed by atoms with E-state index in [1.165, 1.54) is 35.2 Å². The van der Waals surface area contributed by atoms with E-state index in [9.17, 15) is 31.2 Å². The minimum Gasteiger partial charge on any atom is -0.475 e. The number of rotatable bonds is 5. The van der Waals surface area contributed by atoms with Crippen LogP contribution in [0.4, 0.5) is 23.9 Å². The Bertz CT molecular complexity index is 1970. The number of halogens is 3. The first-order chi connectivity index (χ1) is 24.8. The molecule has 1 aliphatic carbocycles. The number of piperidine rings is 1. The van der Waals surface area contributed by atoms with Gasteiger partial charge < -0.3 is 19.3 Å². The average molecular weight is 758 g/mol. The van der Waals surface area contributed by atoms with E-state index in [0.717, 1.165) is 30.5 Å². The molecule has 286 valence electrons. The lowest BCUT2D eigenvalue weighted by molar-refractivity contribution is -0.219. The molecule has 2 amide bonds. The molecular weight excluding hydrogens is 712 g/mol. The van der Waals surface area contributed by atoms with Crippen molar-refractivity contribution in [2.45, 2.75) is 103 Å². The molecule has 1 N–H and O–H groups in total. The van der Waals surface area contributed by atoms with Gasteiger partial charge in [0.05, 0.1) is 28.2 Å². The normalized spacial score (nSPS) is 20.4. The third kappa shape index (κ3) is 7.95. The number of ether oxygens (including phenoxy) is 2. The SMILES string of the molecule is Cc1cccc(C)c1-c1cc2nc(n1)NS(=O)(=O)c1cccc(c1)C(=O)N(C1CC3(CCN(C(=O)OC(C)C)CC3)C1)[C@H](CC(C)(C)C(F)(F)F)CO2. The standard InChI is InChI=1S/C38H46F3N5O6S/c1-23(2)52-35(48)45-15-13-37(14-16-45)20-27(21-37)46-28(19-36(5,6)38(39,40)41)22-51-31-18-30(32-24(3)9-7-10-25(32)4)42-34(43-31)44-53(49,50)29-12-8-11-26(17-29)33(46)47/h7-12,17-18,23,27-28H,13-16,19-22H2,1-6H3,(H,42,43,44)/t28-/m1/s1. The first kappa shape index (κ1) is 38.3. The van der Waals surface area contributed by atoms with Gasteiger partial charge in [-0.1, -0.05) is 38.1 Å². The number of anilines is 1. The Balaban J connectivity index is 1.41. The molecule has 4 bridgehead atoms. The van der Waals surface area contributed by atoms with Crippen LogP contribution in [0.3, 0.4) is 0 Å². The number of fused-ring (bicyclic) bond motifs is 4. The minimum absolute atomic E-state index is 0.0120. The van der Waals surface area contributed by atoms with Crippen molar-refractivity contribution in [2.75, 3.05) is 24.4 Å². The molecule has 1 saturated heterocycles. The summed E-state index contributed by atoms with van der Waals surface area (Å²) in [4.78, 5) is 38.9. The zero-order chi connectivity index (χ0) is 38.5. The van der Waals surface area contributed by atoms with Crippen molar-refractivity contribution in [3.8, 4) is 17.1 Å². The number of alkyl halides is 3. The first-order valence-corrected chi connectivity index (χ1v) is 19.3. The van der Waals surface area contributed by atoms with Crippen LogP contribution in [0.25, 0.3) is 11.3 Å². The summed E-state index contributed by atoms with van der Waals surface area (Å²) in [7, 11) is -4.33. The van der Waals surface area contributed by atoms with Gasteiger partial charge in [-0.2, -0.15) is 18.2 Å². The van der Waals surface area contributed by atoms with Crippen LogP contribution in [0.15, 0.2) is 53.4 Å². The summed E-state index contributed by atoms with van der Waals surface area (Å²) in [6, 6.07) is 11.1. The van der Waals surface area contributed by atoms with E-state index in [1.54, 1.807) is 18.7 Å². The Morgan fingerprint density at radius 3 is 2.30 bits per heavy atom. The number of nitrogens with one attached hydrogen (secondary N) is 1. The monoisotopic (exact) mass is 757 g/mol. The molecule has 0 radical (unpaired) electrons. The Morgan fingerprint density at radius 1 is 1.04 bits per heavy atom. The van der Waals surface area contributed by atoms with Crippen molar-refractivity contribution in [3.63, 3.8) is 0 Å². The Morgan fingerprint density at radius 2 is 1.68 bits per heavy atom. The zero-order valence-corrected chi connectivity index (χ0v) is 31.6. The molecule has 0 unspecified atom stereocenters. The highest BCUT2D eigenvalue weighted by Gasteiger charge is 2.54. The van der Waals surface area contributed by atoms with E-state index in [4.69, 9.17) is 9.47 Å². The number of amides is 2. The summed E-state index contributed by atoms with van der Waals surface area (Å²) in [5.74, 6) is -0.946. The lowest BCUT2D eigenvalue weighted by Gasteiger charge is -2.56. The van der Waals surface area contributed by atoms with Gasteiger partial charge in [0, 0.05) is 36.3 Å². The second-order valence-corrected chi connectivity index (χ2v) is 17.2. The third-order valence-electron chi connectivity index (χ3n) is 10.8. The van der Waals surface area contributed by atoms with E-state index in [-0.39, 0.29) is 46.5 Å². The number of aryl methyl sites for hydroxylation is 2. The molecule has 11 nitrogen and oxygen atoms in total. The maximum atomic E-state index is 14.6. The number of hydrogen-bond acceptors (Lipinski definition) is 8. The van der Waals surface area contributed by atoms with E-state index in [2.05, 4.69) is 14.7 Å². The van der Waals surface area contributed by atoms with Crippen LogP contribution < -0.4 is 9.46 Å². The van der Waals surface area contributed by atoms with Crippen LogP contribution in [0, 0.1) is 24.7 Å². The van der Waals surface area contributed by atoms with E-state index >= 15 is 0 Å².